The first kappa shape index (κ1) is 14.1. The van der Waals surface area contributed by atoms with Crippen molar-refractivity contribution < 1.29 is 8.78 Å². The molecule has 2 unspecified atom stereocenters. The van der Waals surface area contributed by atoms with Crippen LogP contribution in [-0.4, -0.2) is 11.5 Å². The van der Waals surface area contributed by atoms with Gasteiger partial charge in [-0.2, -0.15) is 0 Å². The zero-order valence-corrected chi connectivity index (χ0v) is 11.7. The zero-order chi connectivity index (χ0) is 13.8. The molecule has 0 spiro atoms. The lowest BCUT2D eigenvalue weighted by molar-refractivity contribution is 0.501. The first-order valence-electron chi connectivity index (χ1n) is 6.15. The highest BCUT2D eigenvalue weighted by Crippen LogP contribution is 2.20. The van der Waals surface area contributed by atoms with Gasteiger partial charge in [0.15, 0.2) is 0 Å². The van der Waals surface area contributed by atoms with Crippen LogP contribution in [0.3, 0.4) is 0 Å². The highest BCUT2D eigenvalue weighted by atomic mass is 32.1. The van der Waals surface area contributed by atoms with E-state index in [1.165, 1.54) is 12.1 Å². The standard InChI is InChI=1S/C14H16F2N2S/c1-9(14-17-5-6-19-14)8-18-10(2)12-4-3-11(15)7-13(12)16/h3-7,9-10,18H,8H2,1-2H3. The quantitative estimate of drug-likeness (QED) is 0.900. The Hall–Kier alpha value is -1.33. The van der Waals surface area contributed by atoms with Crippen molar-refractivity contribution in [2.24, 2.45) is 0 Å². The third-order valence-electron chi connectivity index (χ3n) is 3.03. The van der Waals surface area contributed by atoms with Gasteiger partial charge >= 0.3 is 0 Å². The van der Waals surface area contributed by atoms with Crippen LogP contribution in [0.25, 0.3) is 0 Å². The Morgan fingerprint density at radius 2 is 2.11 bits per heavy atom. The van der Waals surface area contributed by atoms with Crippen molar-refractivity contribution in [2.75, 3.05) is 6.54 Å². The van der Waals surface area contributed by atoms with Crippen LogP contribution in [-0.2, 0) is 0 Å². The van der Waals surface area contributed by atoms with Crippen LogP contribution >= 0.6 is 11.3 Å². The van der Waals surface area contributed by atoms with Gasteiger partial charge in [-0.15, -0.1) is 11.3 Å². The fraction of sp³-hybridized carbons (Fsp3) is 0.357. The Morgan fingerprint density at radius 3 is 2.74 bits per heavy atom. The first-order chi connectivity index (χ1) is 9.08. The molecular formula is C14H16F2N2S. The lowest BCUT2D eigenvalue weighted by Crippen LogP contribution is -2.24. The summed E-state index contributed by atoms with van der Waals surface area (Å²) in [6.07, 6.45) is 1.78. The van der Waals surface area contributed by atoms with Crippen LogP contribution in [0.2, 0.25) is 0 Å². The third kappa shape index (κ3) is 3.58. The van der Waals surface area contributed by atoms with Gasteiger partial charge in [-0.1, -0.05) is 13.0 Å². The molecular weight excluding hydrogens is 266 g/mol. The Bertz CT molecular complexity index is 528. The summed E-state index contributed by atoms with van der Waals surface area (Å²) in [6.45, 7) is 4.63. The van der Waals surface area contributed by atoms with E-state index in [0.29, 0.717) is 12.1 Å². The lowest BCUT2D eigenvalue weighted by atomic mass is 10.1. The molecule has 1 heterocycles. The maximum atomic E-state index is 13.6. The van der Waals surface area contributed by atoms with E-state index < -0.39 is 11.6 Å². The first-order valence-corrected chi connectivity index (χ1v) is 7.03. The highest BCUT2D eigenvalue weighted by Gasteiger charge is 2.14. The van der Waals surface area contributed by atoms with Gasteiger partial charge in [0, 0.05) is 41.7 Å². The van der Waals surface area contributed by atoms with E-state index in [-0.39, 0.29) is 12.0 Å². The average molecular weight is 282 g/mol. The van der Waals surface area contributed by atoms with Gasteiger partial charge in [-0.25, -0.2) is 13.8 Å². The van der Waals surface area contributed by atoms with Gasteiger partial charge in [0.1, 0.15) is 11.6 Å². The Morgan fingerprint density at radius 1 is 1.32 bits per heavy atom. The maximum absolute atomic E-state index is 13.6. The number of benzene rings is 1. The van der Waals surface area contributed by atoms with Gasteiger partial charge < -0.3 is 5.32 Å². The number of nitrogens with zero attached hydrogens (tertiary/aromatic N) is 1. The number of hydrogen-bond donors (Lipinski definition) is 1. The number of rotatable bonds is 5. The van der Waals surface area contributed by atoms with E-state index in [1.54, 1.807) is 17.5 Å². The molecule has 0 fully saturated rings. The molecule has 5 heteroatoms. The molecule has 1 N–H and O–H groups in total. The van der Waals surface area contributed by atoms with Gasteiger partial charge in [-0.3, -0.25) is 0 Å². The number of aromatic nitrogens is 1. The normalized spacial score (nSPS) is 14.3. The number of thiazole rings is 1. The summed E-state index contributed by atoms with van der Waals surface area (Å²) in [5, 5.41) is 6.25. The smallest absolute Gasteiger partial charge is 0.130 e. The summed E-state index contributed by atoms with van der Waals surface area (Å²) < 4.78 is 26.5. The van der Waals surface area contributed by atoms with E-state index in [9.17, 15) is 8.78 Å². The SMILES string of the molecule is CC(CNC(C)c1ccc(F)cc1F)c1nccs1. The molecule has 1 aromatic heterocycles. The molecule has 2 nitrogen and oxygen atoms in total. The van der Waals surface area contributed by atoms with E-state index in [1.807, 2.05) is 12.3 Å². The van der Waals surface area contributed by atoms with E-state index in [2.05, 4.69) is 17.2 Å². The molecule has 2 aromatic rings. The molecule has 2 atom stereocenters. The monoisotopic (exact) mass is 282 g/mol. The van der Waals surface area contributed by atoms with Crippen molar-refractivity contribution in [3.8, 4) is 0 Å². The molecule has 19 heavy (non-hydrogen) atoms. The Balaban J connectivity index is 1.96. The van der Waals surface area contributed by atoms with E-state index in [4.69, 9.17) is 0 Å². The van der Waals surface area contributed by atoms with Crippen molar-refractivity contribution in [1.82, 2.24) is 10.3 Å². The van der Waals surface area contributed by atoms with Gasteiger partial charge in [0.2, 0.25) is 0 Å². The summed E-state index contributed by atoms with van der Waals surface area (Å²) >= 11 is 1.61. The van der Waals surface area contributed by atoms with E-state index >= 15 is 0 Å². The summed E-state index contributed by atoms with van der Waals surface area (Å²) in [4.78, 5) is 4.25. The van der Waals surface area contributed by atoms with Crippen LogP contribution in [0.4, 0.5) is 8.78 Å². The second-order valence-electron chi connectivity index (χ2n) is 4.57. The predicted molar refractivity (Wildman–Crippen MR) is 73.3 cm³/mol. The fourth-order valence-electron chi connectivity index (χ4n) is 1.88. The zero-order valence-electron chi connectivity index (χ0n) is 10.9. The second kappa shape index (κ2) is 6.21. The molecule has 0 saturated heterocycles. The molecule has 0 bridgehead atoms. The molecule has 0 aliphatic carbocycles. The Labute approximate surface area is 115 Å². The number of nitrogens with one attached hydrogen (secondary N) is 1. The van der Waals surface area contributed by atoms with Gasteiger partial charge in [-0.05, 0) is 13.0 Å². The molecule has 0 aliphatic heterocycles. The van der Waals surface area contributed by atoms with Crippen LogP contribution in [0.1, 0.15) is 36.4 Å². The van der Waals surface area contributed by atoms with Crippen molar-refractivity contribution in [3.63, 3.8) is 0 Å². The third-order valence-corrected chi connectivity index (χ3v) is 4.04. The van der Waals surface area contributed by atoms with Gasteiger partial charge in [0.05, 0.1) is 5.01 Å². The average Bonchev–Trinajstić information content (AvgIpc) is 2.89. The molecule has 0 saturated carbocycles. The fourth-order valence-corrected chi connectivity index (χ4v) is 2.58. The Kier molecular flexibility index (Phi) is 4.61. The molecule has 0 radical (unpaired) electrons. The summed E-state index contributed by atoms with van der Waals surface area (Å²) in [5.41, 5.74) is 0.479. The molecule has 0 aliphatic rings. The van der Waals surface area contributed by atoms with Crippen LogP contribution in [0.15, 0.2) is 29.8 Å². The predicted octanol–water partition coefficient (Wildman–Crippen LogP) is 3.88. The second-order valence-corrected chi connectivity index (χ2v) is 5.49. The molecule has 1 aromatic carbocycles. The van der Waals surface area contributed by atoms with Crippen molar-refractivity contribution in [3.05, 3.63) is 52.0 Å². The summed E-state index contributed by atoms with van der Waals surface area (Å²) in [7, 11) is 0. The summed E-state index contributed by atoms with van der Waals surface area (Å²) in [5.74, 6) is -0.794. The molecule has 2 rings (SSSR count). The van der Waals surface area contributed by atoms with E-state index in [0.717, 1.165) is 11.1 Å². The molecule has 0 amide bonds. The van der Waals surface area contributed by atoms with Crippen molar-refractivity contribution in [2.45, 2.75) is 25.8 Å². The van der Waals surface area contributed by atoms with Crippen LogP contribution in [0, 0.1) is 11.6 Å². The van der Waals surface area contributed by atoms with Crippen molar-refractivity contribution >= 4 is 11.3 Å². The molecule has 102 valence electrons. The largest absolute Gasteiger partial charge is 0.309 e. The minimum absolute atomic E-state index is 0.164. The maximum Gasteiger partial charge on any atom is 0.130 e. The topological polar surface area (TPSA) is 24.9 Å². The minimum atomic E-state index is -0.551. The lowest BCUT2D eigenvalue weighted by Gasteiger charge is -2.17. The van der Waals surface area contributed by atoms with Crippen molar-refractivity contribution in [1.29, 1.82) is 0 Å². The minimum Gasteiger partial charge on any atom is -0.309 e. The van der Waals surface area contributed by atoms with Crippen LogP contribution < -0.4 is 5.32 Å². The summed E-state index contributed by atoms with van der Waals surface area (Å²) in [6, 6.07) is 3.51. The van der Waals surface area contributed by atoms with Gasteiger partial charge in [0.25, 0.3) is 0 Å². The number of hydrogen-bond acceptors (Lipinski definition) is 3. The number of halogens is 2. The highest BCUT2D eigenvalue weighted by molar-refractivity contribution is 7.09. The van der Waals surface area contributed by atoms with Crippen LogP contribution in [0.5, 0.6) is 0 Å².